The first kappa shape index (κ1) is 17.4. The predicted octanol–water partition coefficient (Wildman–Crippen LogP) is 2.11. The molecule has 1 N–H and O–H groups in total. The van der Waals surface area contributed by atoms with Crippen molar-refractivity contribution in [2.24, 2.45) is 0 Å². The predicted molar refractivity (Wildman–Crippen MR) is 90.7 cm³/mol. The fourth-order valence-electron chi connectivity index (χ4n) is 2.92. The molecule has 6 heteroatoms. The van der Waals surface area contributed by atoms with Gasteiger partial charge in [-0.3, -0.25) is 9.78 Å². The van der Waals surface area contributed by atoms with E-state index in [-0.39, 0.29) is 25.5 Å². The number of hydrogen-bond acceptors (Lipinski definition) is 4. The number of likely N-dealkylation sites (tertiary alicyclic amines) is 1. The quantitative estimate of drug-likeness (QED) is 0.902. The number of ether oxygens (including phenoxy) is 1. The van der Waals surface area contributed by atoms with Gasteiger partial charge in [-0.05, 0) is 43.2 Å². The van der Waals surface area contributed by atoms with Crippen LogP contribution >= 0.6 is 0 Å². The molecule has 1 atom stereocenters. The Kier molecular flexibility index (Phi) is 4.99. The van der Waals surface area contributed by atoms with Crippen molar-refractivity contribution in [2.75, 3.05) is 19.7 Å². The lowest BCUT2D eigenvalue weighted by molar-refractivity contribution is -0.130. The van der Waals surface area contributed by atoms with E-state index in [2.05, 4.69) is 4.98 Å². The molecule has 0 saturated carbocycles. The summed E-state index contributed by atoms with van der Waals surface area (Å²) in [6.45, 7) is 2.64. The topological polar surface area (TPSA) is 62.7 Å². The first-order chi connectivity index (χ1) is 11.9. The van der Waals surface area contributed by atoms with Crippen LogP contribution in [0.2, 0.25) is 0 Å². The third-order valence-corrected chi connectivity index (χ3v) is 4.29. The smallest absolute Gasteiger partial charge is 0.228 e. The van der Waals surface area contributed by atoms with Gasteiger partial charge in [-0.15, -0.1) is 0 Å². The van der Waals surface area contributed by atoms with Crippen molar-refractivity contribution < 1.29 is 19.0 Å². The van der Waals surface area contributed by atoms with Gasteiger partial charge in [0.1, 0.15) is 23.8 Å². The van der Waals surface area contributed by atoms with Crippen LogP contribution in [-0.4, -0.2) is 46.2 Å². The molecule has 5 nitrogen and oxygen atoms in total. The molecule has 132 valence electrons. The van der Waals surface area contributed by atoms with Crippen LogP contribution in [0.5, 0.6) is 5.75 Å². The second kappa shape index (κ2) is 7.19. The molecule has 1 aromatic carbocycles. The lowest BCUT2D eigenvalue weighted by Crippen LogP contribution is -2.41. The molecule has 1 aliphatic rings. The standard InChI is InChI=1S/C19H21FN2O3/c1-14-5-7-21-16(9-14)11-18(23)22-8-6-19(24,12-22)13-25-17-4-2-3-15(20)10-17/h2-5,7,9-10,24H,6,8,11-13H2,1H3. The van der Waals surface area contributed by atoms with Gasteiger partial charge < -0.3 is 14.7 Å². The number of hydrogen-bond donors (Lipinski definition) is 1. The summed E-state index contributed by atoms with van der Waals surface area (Å²) in [6, 6.07) is 9.54. The molecule has 2 heterocycles. The number of aliphatic hydroxyl groups is 1. The molecule has 1 fully saturated rings. The summed E-state index contributed by atoms with van der Waals surface area (Å²) in [5.41, 5.74) is 0.651. The maximum absolute atomic E-state index is 13.2. The molecule has 1 unspecified atom stereocenters. The maximum Gasteiger partial charge on any atom is 0.228 e. The third-order valence-electron chi connectivity index (χ3n) is 4.29. The third kappa shape index (κ3) is 4.54. The molecule has 0 bridgehead atoms. The second-order valence-electron chi connectivity index (χ2n) is 6.54. The molecule has 1 aromatic heterocycles. The zero-order valence-electron chi connectivity index (χ0n) is 14.1. The lowest BCUT2D eigenvalue weighted by Gasteiger charge is -2.23. The Labute approximate surface area is 146 Å². The second-order valence-corrected chi connectivity index (χ2v) is 6.54. The van der Waals surface area contributed by atoms with Gasteiger partial charge in [0.05, 0.1) is 13.0 Å². The molecule has 1 aliphatic heterocycles. The number of carbonyl (C=O) groups excluding carboxylic acids is 1. The molecule has 25 heavy (non-hydrogen) atoms. The Bertz CT molecular complexity index is 768. The Morgan fingerprint density at radius 3 is 3.00 bits per heavy atom. The van der Waals surface area contributed by atoms with E-state index in [9.17, 15) is 14.3 Å². The summed E-state index contributed by atoms with van der Waals surface area (Å²) in [6.07, 6.45) is 2.32. The van der Waals surface area contributed by atoms with E-state index in [1.165, 1.54) is 12.1 Å². The van der Waals surface area contributed by atoms with E-state index in [1.54, 1.807) is 23.2 Å². The SMILES string of the molecule is Cc1ccnc(CC(=O)N2CCC(O)(COc3cccc(F)c3)C2)c1. The van der Waals surface area contributed by atoms with E-state index in [0.717, 1.165) is 11.3 Å². The van der Waals surface area contributed by atoms with Gasteiger partial charge in [-0.2, -0.15) is 0 Å². The molecule has 0 spiro atoms. The maximum atomic E-state index is 13.2. The highest BCUT2D eigenvalue weighted by atomic mass is 19.1. The summed E-state index contributed by atoms with van der Waals surface area (Å²) in [4.78, 5) is 18.2. The molecule has 0 aliphatic carbocycles. The van der Waals surface area contributed by atoms with Crippen LogP contribution in [-0.2, 0) is 11.2 Å². The number of nitrogens with zero attached hydrogens (tertiary/aromatic N) is 2. The number of aromatic nitrogens is 1. The Balaban J connectivity index is 1.55. The van der Waals surface area contributed by atoms with E-state index >= 15 is 0 Å². The minimum absolute atomic E-state index is 0.0168. The molecule has 1 amide bonds. The molecule has 2 aromatic rings. The molecule has 0 radical (unpaired) electrons. The van der Waals surface area contributed by atoms with Gasteiger partial charge in [0, 0.05) is 24.5 Å². The van der Waals surface area contributed by atoms with Crippen molar-refractivity contribution in [3.8, 4) is 5.75 Å². The van der Waals surface area contributed by atoms with E-state index in [0.29, 0.717) is 18.7 Å². The van der Waals surface area contributed by atoms with Crippen LogP contribution in [0.3, 0.4) is 0 Å². The summed E-state index contributed by atoms with van der Waals surface area (Å²) in [7, 11) is 0. The molecular weight excluding hydrogens is 323 g/mol. The van der Waals surface area contributed by atoms with E-state index in [4.69, 9.17) is 4.74 Å². The van der Waals surface area contributed by atoms with Crippen LogP contribution in [0, 0.1) is 12.7 Å². The van der Waals surface area contributed by atoms with Crippen LogP contribution < -0.4 is 4.74 Å². The van der Waals surface area contributed by atoms with Crippen molar-refractivity contribution in [2.45, 2.75) is 25.4 Å². The highest BCUT2D eigenvalue weighted by Crippen LogP contribution is 2.24. The van der Waals surface area contributed by atoms with Crippen molar-refractivity contribution in [3.05, 3.63) is 59.7 Å². The minimum Gasteiger partial charge on any atom is -0.490 e. The summed E-state index contributed by atoms with van der Waals surface area (Å²) >= 11 is 0. The number of aryl methyl sites for hydroxylation is 1. The first-order valence-electron chi connectivity index (χ1n) is 8.24. The summed E-state index contributed by atoms with van der Waals surface area (Å²) in [5, 5.41) is 10.6. The summed E-state index contributed by atoms with van der Waals surface area (Å²) < 4.78 is 18.7. The number of carbonyl (C=O) groups is 1. The molecule has 3 rings (SSSR count). The number of halogens is 1. The summed E-state index contributed by atoms with van der Waals surface area (Å²) in [5.74, 6) is -0.0969. The van der Waals surface area contributed by atoms with Gasteiger partial charge in [0.25, 0.3) is 0 Å². The largest absolute Gasteiger partial charge is 0.490 e. The minimum atomic E-state index is -1.12. The van der Waals surface area contributed by atoms with Crippen molar-refractivity contribution in [1.29, 1.82) is 0 Å². The van der Waals surface area contributed by atoms with Crippen LogP contribution in [0.25, 0.3) is 0 Å². The average molecular weight is 344 g/mol. The van der Waals surface area contributed by atoms with Crippen molar-refractivity contribution in [3.63, 3.8) is 0 Å². The van der Waals surface area contributed by atoms with Crippen LogP contribution in [0.4, 0.5) is 4.39 Å². The highest BCUT2D eigenvalue weighted by Gasteiger charge is 2.39. The van der Waals surface area contributed by atoms with Gasteiger partial charge in [0.2, 0.25) is 5.91 Å². The van der Waals surface area contributed by atoms with Crippen molar-refractivity contribution >= 4 is 5.91 Å². The number of pyridine rings is 1. The van der Waals surface area contributed by atoms with Gasteiger partial charge in [-0.25, -0.2) is 4.39 Å². The number of benzene rings is 1. The zero-order chi connectivity index (χ0) is 17.9. The fraction of sp³-hybridized carbons (Fsp3) is 0.368. The van der Waals surface area contributed by atoms with E-state index < -0.39 is 11.4 Å². The van der Waals surface area contributed by atoms with Crippen LogP contribution in [0.15, 0.2) is 42.6 Å². The van der Waals surface area contributed by atoms with Gasteiger partial charge >= 0.3 is 0 Å². The normalized spacial score (nSPS) is 19.9. The first-order valence-corrected chi connectivity index (χ1v) is 8.24. The Morgan fingerprint density at radius 2 is 2.24 bits per heavy atom. The Morgan fingerprint density at radius 1 is 1.40 bits per heavy atom. The van der Waals surface area contributed by atoms with E-state index in [1.807, 2.05) is 19.1 Å². The monoisotopic (exact) mass is 344 g/mol. The highest BCUT2D eigenvalue weighted by molar-refractivity contribution is 5.78. The fourth-order valence-corrected chi connectivity index (χ4v) is 2.92. The van der Waals surface area contributed by atoms with Crippen molar-refractivity contribution in [1.82, 2.24) is 9.88 Å². The Hall–Kier alpha value is -2.47. The van der Waals surface area contributed by atoms with Crippen LogP contribution in [0.1, 0.15) is 17.7 Å². The number of rotatable bonds is 5. The van der Waals surface area contributed by atoms with Gasteiger partial charge in [0.15, 0.2) is 0 Å². The zero-order valence-corrected chi connectivity index (χ0v) is 14.1. The van der Waals surface area contributed by atoms with Gasteiger partial charge in [-0.1, -0.05) is 6.07 Å². The lowest BCUT2D eigenvalue weighted by atomic mass is 10.1. The molecule has 1 saturated heterocycles. The number of amides is 1. The number of β-amino-alcohol motifs (C(OH)–C–C–N with tert-alkyl or cyclic N) is 1. The average Bonchev–Trinajstić information content (AvgIpc) is 2.96. The molecular formula is C19H21FN2O3.